The van der Waals surface area contributed by atoms with Gasteiger partial charge in [0.05, 0.1) is 0 Å². The molecule has 0 aromatic carbocycles. The molecular weight excluding hydrogens is 302 g/mol. The fourth-order valence-corrected chi connectivity index (χ4v) is 4.39. The summed E-state index contributed by atoms with van der Waals surface area (Å²) in [5.41, 5.74) is 1.19. The second-order valence-corrected chi connectivity index (χ2v) is 7.12. The van der Waals surface area contributed by atoms with Crippen molar-refractivity contribution in [3.05, 3.63) is 24.5 Å². The standard InChI is InChI=1S/C18H27N5O/c24-18(20-16-6-10-22-9-2-1-3-17(16)22)23-13-11-21(12-14-23)15-4-7-19-8-5-15/h4-5,7-8,16-17H,1-3,6,9-14H2,(H,20,24). The van der Waals surface area contributed by atoms with Crippen LogP contribution in [0.4, 0.5) is 10.5 Å². The summed E-state index contributed by atoms with van der Waals surface area (Å²) in [6.07, 6.45) is 8.61. The van der Waals surface area contributed by atoms with E-state index in [2.05, 4.69) is 20.1 Å². The third-order valence-electron chi connectivity index (χ3n) is 5.76. The van der Waals surface area contributed by atoms with Gasteiger partial charge in [-0.1, -0.05) is 6.42 Å². The lowest BCUT2D eigenvalue weighted by Crippen LogP contribution is -2.55. The van der Waals surface area contributed by atoms with E-state index in [1.54, 1.807) is 0 Å². The fraction of sp³-hybridized carbons (Fsp3) is 0.667. The molecule has 2 amide bonds. The molecule has 2 atom stereocenters. The fourth-order valence-electron chi connectivity index (χ4n) is 4.39. The molecule has 0 aliphatic carbocycles. The molecule has 130 valence electrons. The minimum absolute atomic E-state index is 0.127. The molecule has 1 aromatic heterocycles. The van der Waals surface area contributed by atoms with Crippen LogP contribution >= 0.6 is 0 Å². The van der Waals surface area contributed by atoms with Crippen LogP contribution in [0.25, 0.3) is 0 Å². The van der Waals surface area contributed by atoms with Crippen molar-refractivity contribution in [2.45, 2.75) is 37.8 Å². The number of amides is 2. The maximum absolute atomic E-state index is 12.6. The minimum atomic E-state index is 0.127. The van der Waals surface area contributed by atoms with Gasteiger partial charge in [0, 0.05) is 62.9 Å². The number of piperazine rings is 1. The molecule has 0 saturated carbocycles. The highest BCUT2D eigenvalue weighted by Crippen LogP contribution is 2.27. The van der Waals surface area contributed by atoms with Crippen LogP contribution in [-0.2, 0) is 0 Å². The van der Waals surface area contributed by atoms with Crippen molar-refractivity contribution >= 4 is 11.7 Å². The van der Waals surface area contributed by atoms with Crippen molar-refractivity contribution in [3.8, 4) is 0 Å². The van der Waals surface area contributed by atoms with Crippen LogP contribution in [-0.4, -0.2) is 72.2 Å². The number of carbonyl (C=O) groups is 1. The molecule has 3 saturated heterocycles. The third-order valence-corrected chi connectivity index (χ3v) is 5.76. The molecule has 24 heavy (non-hydrogen) atoms. The number of pyridine rings is 1. The summed E-state index contributed by atoms with van der Waals surface area (Å²) in [5, 5.41) is 3.32. The molecule has 1 N–H and O–H groups in total. The van der Waals surface area contributed by atoms with Crippen molar-refractivity contribution < 1.29 is 4.79 Å². The molecule has 0 spiro atoms. The van der Waals surface area contributed by atoms with Gasteiger partial charge in [0.25, 0.3) is 0 Å². The molecule has 4 rings (SSSR count). The second-order valence-electron chi connectivity index (χ2n) is 7.12. The molecule has 3 fully saturated rings. The molecule has 3 aliphatic heterocycles. The van der Waals surface area contributed by atoms with E-state index in [1.807, 2.05) is 29.4 Å². The maximum atomic E-state index is 12.6. The first kappa shape index (κ1) is 15.7. The van der Waals surface area contributed by atoms with E-state index in [0.29, 0.717) is 12.1 Å². The molecule has 1 aromatic rings. The zero-order valence-electron chi connectivity index (χ0n) is 14.2. The number of hydrogen-bond donors (Lipinski definition) is 1. The van der Waals surface area contributed by atoms with Crippen molar-refractivity contribution in [3.63, 3.8) is 0 Å². The Balaban J connectivity index is 1.29. The van der Waals surface area contributed by atoms with Crippen molar-refractivity contribution in [2.24, 2.45) is 0 Å². The Labute approximate surface area is 143 Å². The Morgan fingerprint density at radius 2 is 1.79 bits per heavy atom. The highest BCUT2D eigenvalue weighted by Gasteiger charge is 2.37. The molecule has 6 heteroatoms. The van der Waals surface area contributed by atoms with Gasteiger partial charge in [-0.3, -0.25) is 9.88 Å². The van der Waals surface area contributed by atoms with Crippen LogP contribution in [0.2, 0.25) is 0 Å². The smallest absolute Gasteiger partial charge is 0.317 e. The van der Waals surface area contributed by atoms with Gasteiger partial charge in [-0.2, -0.15) is 0 Å². The van der Waals surface area contributed by atoms with E-state index in [0.717, 1.165) is 39.1 Å². The van der Waals surface area contributed by atoms with Gasteiger partial charge >= 0.3 is 6.03 Å². The zero-order chi connectivity index (χ0) is 16.4. The van der Waals surface area contributed by atoms with Crippen molar-refractivity contribution in [2.75, 3.05) is 44.2 Å². The number of nitrogens with one attached hydrogen (secondary N) is 1. The summed E-state index contributed by atoms with van der Waals surface area (Å²) >= 11 is 0. The van der Waals surface area contributed by atoms with Gasteiger partial charge in [-0.25, -0.2) is 4.79 Å². The van der Waals surface area contributed by atoms with Crippen LogP contribution < -0.4 is 10.2 Å². The Bertz CT molecular complexity index is 558. The maximum Gasteiger partial charge on any atom is 0.317 e. The summed E-state index contributed by atoms with van der Waals surface area (Å²) in [7, 11) is 0. The van der Waals surface area contributed by atoms with E-state index < -0.39 is 0 Å². The van der Waals surface area contributed by atoms with Gasteiger partial charge in [-0.05, 0) is 37.9 Å². The Kier molecular flexibility index (Phi) is 4.56. The SMILES string of the molecule is O=C(NC1CCN2CCCCC12)N1CCN(c2ccncc2)CC1. The lowest BCUT2D eigenvalue weighted by atomic mass is 9.99. The van der Waals surface area contributed by atoms with Crippen molar-refractivity contribution in [1.29, 1.82) is 0 Å². The van der Waals surface area contributed by atoms with Crippen LogP contribution in [0.1, 0.15) is 25.7 Å². The number of urea groups is 1. The molecular formula is C18H27N5O. The number of piperidine rings is 1. The molecule has 0 radical (unpaired) electrons. The molecule has 3 aliphatic rings. The first-order valence-electron chi connectivity index (χ1n) is 9.26. The van der Waals surface area contributed by atoms with Crippen LogP contribution in [0.5, 0.6) is 0 Å². The highest BCUT2D eigenvalue weighted by molar-refractivity contribution is 5.75. The summed E-state index contributed by atoms with van der Waals surface area (Å²) in [6.45, 7) is 5.70. The van der Waals surface area contributed by atoms with Crippen LogP contribution in [0, 0.1) is 0 Å². The molecule has 4 heterocycles. The first-order valence-corrected chi connectivity index (χ1v) is 9.26. The average molecular weight is 329 g/mol. The van der Waals surface area contributed by atoms with Gasteiger partial charge < -0.3 is 15.1 Å². The largest absolute Gasteiger partial charge is 0.368 e. The van der Waals surface area contributed by atoms with Gasteiger partial charge in [0.15, 0.2) is 0 Å². The van der Waals surface area contributed by atoms with E-state index in [-0.39, 0.29) is 6.03 Å². The number of anilines is 1. The number of fused-ring (bicyclic) bond motifs is 1. The van der Waals surface area contributed by atoms with E-state index in [9.17, 15) is 4.79 Å². The molecule has 0 bridgehead atoms. The third kappa shape index (κ3) is 3.20. The number of rotatable bonds is 2. The minimum Gasteiger partial charge on any atom is -0.368 e. The van der Waals surface area contributed by atoms with E-state index in [4.69, 9.17) is 0 Å². The lowest BCUT2D eigenvalue weighted by Gasteiger charge is -2.37. The monoisotopic (exact) mass is 329 g/mol. The summed E-state index contributed by atoms with van der Waals surface area (Å²) in [4.78, 5) is 23.6. The number of carbonyl (C=O) groups excluding carboxylic acids is 1. The predicted molar refractivity (Wildman–Crippen MR) is 94.2 cm³/mol. The van der Waals surface area contributed by atoms with Gasteiger partial charge in [0.2, 0.25) is 0 Å². The van der Waals surface area contributed by atoms with Crippen LogP contribution in [0.15, 0.2) is 24.5 Å². The Morgan fingerprint density at radius 3 is 2.58 bits per heavy atom. The second kappa shape index (κ2) is 6.97. The number of hydrogen-bond acceptors (Lipinski definition) is 4. The van der Waals surface area contributed by atoms with E-state index >= 15 is 0 Å². The Morgan fingerprint density at radius 1 is 1.00 bits per heavy atom. The normalized spacial score (nSPS) is 27.8. The Hall–Kier alpha value is -1.82. The predicted octanol–water partition coefficient (Wildman–Crippen LogP) is 1.54. The van der Waals surface area contributed by atoms with Crippen molar-refractivity contribution in [1.82, 2.24) is 20.1 Å². The zero-order valence-corrected chi connectivity index (χ0v) is 14.2. The van der Waals surface area contributed by atoms with Gasteiger partial charge in [-0.15, -0.1) is 0 Å². The topological polar surface area (TPSA) is 51.7 Å². The first-order chi connectivity index (χ1) is 11.8. The summed E-state index contributed by atoms with van der Waals surface area (Å²) in [5.74, 6) is 0. The lowest BCUT2D eigenvalue weighted by molar-refractivity contribution is 0.166. The highest BCUT2D eigenvalue weighted by atomic mass is 16.2. The van der Waals surface area contributed by atoms with E-state index in [1.165, 1.54) is 31.5 Å². The molecule has 2 unspecified atom stereocenters. The number of nitrogens with zero attached hydrogens (tertiary/aromatic N) is 4. The summed E-state index contributed by atoms with van der Waals surface area (Å²) < 4.78 is 0. The average Bonchev–Trinajstić information content (AvgIpc) is 3.06. The molecule has 6 nitrogen and oxygen atoms in total. The number of aromatic nitrogens is 1. The van der Waals surface area contributed by atoms with Crippen LogP contribution in [0.3, 0.4) is 0 Å². The van der Waals surface area contributed by atoms with Gasteiger partial charge in [0.1, 0.15) is 0 Å². The summed E-state index contributed by atoms with van der Waals surface area (Å²) in [6, 6.07) is 5.11. The quantitative estimate of drug-likeness (QED) is 0.894.